The van der Waals surface area contributed by atoms with Gasteiger partial charge in [-0.3, -0.25) is 0 Å². The van der Waals surface area contributed by atoms with Crippen molar-refractivity contribution in [1.29, 1.82) is 0 Å². The Morgan fingerprint density at radius 2 is 0.909 bits per heavy atom. The second-order valence-corrected chi connectivity index (χ2v) is 19.8. The average Bonchev–Trinajstić information content (AvgIpc) is 3.63. The zero-order valence-electron chi connectivity index (χ0n) is 28.4. The third-order valence-corrected chi connectivity index (χ3v) is 14.3. The molecular weight excluding hydrogens is 624 g/mol. The van der Waals surface area contributed by atoms with Crippen LogP contribution in [0.5, 0.6) is 0 Å². The number of hydrogen-bond acceptors (Lipinski definition) is 0. The molecule has 0 radical (unpaired) electrons. The van der Waals surface area contributed by atoms with Crippen LogP contribution in [0.25, 0.3) is 21.5 Å². The van der Waals surface area contributed by atoms with Gasteiger partial charge < -0.3 is 0 Å². The third-order valence-electron chi connectivity index (χ3n) is 8.25. The molecule has 6 rings (SSSR count). The summed E-state index contributed by atoms with van der Waals surface area (Å²) in [5, 5.41) is 8.60. The Morgan fingerprint density at radius 1 is 0.545 bits per heavy atom. The quantitative estimate of drug-likeness (QED) is 0.127. The zero-order valence-corrected chi connectivity index (χ0v) is 31.9. The predicted molar refractivity (Wildman–Crippen MR) is 193 cm³/mol. The summed E-state index contributed by atoms with van der Waals surface area (Å²) < 4.78 is 0. The first kappa shape index (κ1) is 34.1. The molecule has 0 atom stereocenters. The van der Waals surface area contributed by atoms with Gasteiger partial charge in [-0.25, -0.2) is 12.1 Å². The van der Waals surface area contributed by atoms with Crippen LogP contribution in [0.2, 0.25) is 0 Å². The van der Waals surface area contributed by atoms with Gasteiger partial charge in [0, 0.05) is 0 Å². The molecule has 0 heterocycles. The second-order valence-electron chi connectivity index (χ2n) is 14.2. The van der Waals surface area contributed by atoms with Gasteiger partial charge in [-0.1, -0.05) is 75.9 Å². The van der Waals surface area contributed by atoms with E-state index in [0.29, 0.717) is 0 Å². The van der Waals surface area contributed by atoms with E-state index in [4.69, 9.17) is 0 Å². The van der Waals surface area contributed by atoms with Crippen molar-refractivity contribution < 1.29 is 23.3 Å². The monoisotopic (exact) mass is 670 g/mol. The van der Waals surface area contributed by atoms with Crippen molar-refractivity contribution >= 4 is 37.4 Å². The fourth-order valence-electron chi connectivity index (χ4n) is 5.88. The number of hydrogen-bond donors (Lipinski definition) is 0. The number of aryl methyl sites for hydroxylation is 4. The molecule has 2 heteroatoms. The van der Waals surface area contributed by atoms with Gasteiger partial charge in [0.2, 0.25) is 0 Å². The first-order chi connectivity index (χ1) is 20.6. The van der Waals surface area contributed by atoms with Crippen LogP contribution in [0.1, 0.15) is 74.9 Å². The molecule has 0 aliphatic carbocycles. The predicted octanol–water partition coefficient (Wildman–Crippen LogP) is 10.3. The standard InChI is InChI=1S/C23H29.C14H14Si.C5H5.Zr/c1-14-9-16-11-17-10-15(2)21(23(6,7)8)13-19(17)18(16)12-20(14)22(3,4)5;1-11-3-7-13(8-4-11)15-14-9-5-12(2)6-10-14;1-2-4-5-3-1;/h9-13H,1-8H3;3-10H,1-2H3;1-5H;/q-1;;-1;+2. The largest absolute Gasteiger partial charge is 0.214 e. The molecule has 0 amide bonds. The third kappa shape index (κ3) is 8.47. The van der Waals surface area contributed by atoms with Gasteiger partial charge in [-0.05, 0) is 24.7 Å². The van der Waals surface area contributed by atoms with E-state index in [1.54, 1.807) is 23.3 Å². The molecule has 0 N–H and O–H groups in total. The van der Waals surface area contributed by atoms with Gasteiger partial charge in [0.05, 0.1) is 0 Å². The molecule has 44 heavy (non-hydrogen) atoms. The minimum absolute atomic E-state index is 0.180. The van der Waals surface area contributed by atoms with E-state index in [1.165, 1.54) is 65.3 Å². The fraction of sp³-hybridized carbons (Fsp3) is 0.286. The van der Waals surface area contributed by atoms with Crippen LogP contribution in [0.4, 0.5) is 0 Å². The van der Waals surface area contributed by atoms with Crippen molar-refractivity contribution in [2.45, 2.75) is 80.1 Å². The Balaban J connectivity index is 0.000000181. The van der Waals surface area contributed by atoms with Crippen molar-refractivity contribution in [3.05, 3.63) is 143 Å². The van der Waals surface area contributed by atoms with Crippen LogP contribution in [0.3, 0.4) is 0 Å². The molecule has 0 fully saturated rings. The average molecular weight is 672 g/mol. The Bertz CT molecular complexity index is 1690. The van der Waals surface area contributed by atoms with Gasteiger partial charge in [0.25, 0.3) is 0 Å². The molecule has 0 bridgehead atoms. The maximum absolute atomic E-state index is 2.43. The molecule has 0 aromatic heterocycles. The normalized spacial score (nSPS) is 11.5. The minimum atomic E-state index is -0.488. The summed E-state index contributed by atoms with van der Waals surface area (Å²) in [6.45, 7) is 22.6. The van der Waals surface area contributed by atoms with E-state index in [0.717, 1.165) is 0 Å². The van der Waals surface area contributed by atoms with Crippen molar-refractivity contribution in [3.8, 4) is 0 Å². The summed E-state index contributed by atoms with van der Waals surface area (Å²) in [6, 6.07) is 40.0. The number of fused-ring (bicyclic) bond motifs is 3. The van der Waals surface area contributed by atoms with Crippen LogP contribution >= 0.6 is 0 Å². The van der Waals surface area contributed by atoms with E-state index < -0.39 is 5.43 Å². The maximum atomic E-state index is 2.43. The van der Waals surface area contributed by atoms with Crippen LogP contribution in [-0.4, -0.2) is 5.43 Å². The Hall–Kier alpha value is -2.80. The van der Waals surface area contributed by atoms with Crippen molar-refractivity contribution in [2.75, 3.05) is 0 Å². The Morgan fingerprint density at radius 3 is 1.20 bits per heavy atom. The molecule has 0 aliphatic heterocycles. The molecule has 0 nitrogen and oxygen atoms in total. The first-order valence-corrected chi connectivity index (χ1v) is 20.9. The van der Waals surface area contributed by atoms with Crippen LogP contribution in [0.15, 0.2) is 109 Å². The SMILES string of the molecule is Cc1cc2[cH-]c3cc(C)c(C(C)(C)C)cc3c2cc1C(C)(C)C.Cc1ccc([Si](=[Zr+2])c2ccc(C)cc2)cc1.c1cc[cH-]c1. The molecule has 0 saturated heterocycles. The molecule has 0 unspecified atom stereocenters. The molecule has 0 spiro atoms. The summed E-state index contributed by atoms with van der Waals surface area (Å²) in [6.07, 6.45) is 0. The summed E-state index contributed by atoms with van der Waals surface area (Å²) in [4.78, 5) is 0. The molecule has 6 aromatic carbocycles. The van der Waals surface area contributed by atoms with Crippen LogP contribution < -0.4 is 10.4 Å². The van der Waals surface area contributed by atoms with Crippen molar-refractivity contribution in [3.63, 3.8) is 0 Å². The van der Waals surface area contributed by atoms with Crippen molar-refractivity contribution in [1.82, 2.24) is 0 Å². The van der Waals surface area contributed by atoms with Crippen LogP contribution in [0, 0.1) is 27.7 Å². The van der Waals surface area contributed by atoms with Gasteiger partial charge in [0.1, 0.15) is 0 Å². The number of rotatable bonds is 2. The van der Waals surface area contributed by atoms with Gasteiger partial charge in [-0.2, -0.15) is 18.2 Å². The molecule has 6 aromatic rings. The summed E-state index contributed by atoms with van der Waals surface area (Å²) in [7, 11) is 0. The summed E-state index contributed by atoms with van der Waals surface area (Å²) in [5.74, 6) is 0. The molecule has 0 aliphatic rings. The topological polar surface area (TPSA) is 0 Å². The molecule has 224 valence electrons. The van der Waals surface area contributed by atoms with E-state index in [1.807, 2.05) is 30.3 Å². The van der Waals surface area contributed by atoms with E-state index >= 15 is 0 Å². The van der Waals surface area contributed by atoms with Crippen molar-refractivity contribution in [2.24, 2.45) is 0 Å². The Kier molecular flexibility index (Phi) is 10.9. The zero-order chi connectivity index (χ0) is 32.2. The summed E-state index contributed by atoms with van der Waals surface area (Å²) >= 11 is 1.65. The Labute approximate surface area is 281 Å². The first-order valence-electron chi connectivity index (χ1n) is 15.7. The van der Waals surface area contributed by atoms with E-state index in [9.17, 15) is 0 Å². The van der Waals surface area contributed by atoms with E-state index in [2.05, 4.69) is 148 Å². The minimum Gasteiger partial charge on any atom is -0.214 e. The smallest absolute Gasteiger partial charge is 0.172 e. The van der Waals surface area contributed by atoms with E-state index in [-0.39, 0.29) is 10.8 Å². The fourth-order valence-corrected chi connectivity index (χ4v) is 9.67. The maximum Gasteiger partial charge on any atom is -0.172 e. The summed E-state index contributed by atoms with van der Waals surface area (Å²) in [5.41, 5.74) is 8.26. The van der Waals surface area contributed by atoms with Crippen LogP contribution in [-0.2, 0) is 34.2 Å². The second kappa shape index (κ2) is 14.1. The molecule has 0 saturated carbocycles. The van der Waals surface area contributed by atoms with Gasteiger partial charge in [0.15, 0.2) is 0 Å². The van der Waals surface area contributed by atoms with Gasteiger partial charge >= 0.3 is 113 Å². The molecular formula is C42H48SiZr. The number of benzene rings is 4. The van der Waals surface area contributed by atoms with Gasteiger partial charge in [-0.15, -0.1) is 39.7 Å².